The van der Waals surface area contributed by atoms with Gasteiger partial charge in [-0.3, -0.25) is 4.79 Å². The smallest absolute Gasteiger partial charge is 0.133 e. The zero-order valence-corrected chi connectivity index (χ0v) is 10.3. The Balaban J connectivity index is 3.58. The Labute approximate surface area is 99.3 Å². The molecule has 1 nitrogen and oxygen atoms in total. The molecule has 0 saturated carbocycles. The summed E-state index contributed by atoms with van der Waals surface area (Å²) in [5.74, 6) is 11.4. The van der Waals surface area contributed by atoms with Crippen molar-refractivity contribution in [1.29, 1.82) is 0 Å². The molecule has 0 aliphatic heterocycles. The Kier molecular flexibility index (Phi) is 10.5. The van der Waals surface area contributed by atoms with Crippen LogP contribution in [-0.2, 0) is 4.79 Å². The van der Waals surface area contributed by atoms with Crippen LogP contribution in [0.15, 0.2) is 12.2 Å². The first kappa shape index (κ1) is 14.5. The Morgan fingerprint density at radius 3 is 2.69 bits per heavy atom. The third-order valence-electron chi connectivity index (χ3n) is 2.06. The van der Waals surface area contributed by atoms with E-state index in [-0.39, 0.29) is 0 Å². The standard InChI is InChI=1S/C15H20O/c1-3-5-7-8-9-10-12-14-15(16)13-11-6-4-2/h3,5H,4,6,11-14H2,1-2H3. The van der Waals surface area contributed by atoms with Gasteiger partial charge in [0, 0.05) is 19.3 Å². The number of hydrogen-bond acceptors (Lipinski definition) is 1. The van der Waals surface area contributed by atoms with E-state index in [1.165, 1.54) is 0 Å². The van der Waals surface area contributed by atoms with E-state index in [1.807, 2.05) is 13.0 Å². The molecule has 0 aliphatic carbocycles. The average molecular weight is 216 g/mol. The average Bonchev–Trinajstić information content (AvgIpc) is 2.28. The summed E-state index contributed by atoms with van der Waals surface area (Å²) in [4.78, 5) is 11.3. The van der Waals surface area contributed by atoms with Gasteiger partial charge in [0.05, 0.1) is 0 Å². The van der Waals surface area contributed by atoms with Crippen molar-refractivity contribution in [2.24, 2.45) is 0 Å². The highest BCUT2D eigenvalue weighted by Crippen LogP contribution is 2.02. The van der Waals surface area contributed by atoms with E-state index in [0.29, 0.717) is 25.0 Å². The summed E-state index contributed by atoms with van der Waals surface area (Å²) >= 11 is 0. The van der Waals surface area contributed by atoms with E-state index < -0.39 is 0 Å². The first-order chi connectivity index (χ1) is 7.81. The largest absolute Gasteiger partial charge is 0.300 e. The van der Waals surface area contributed by atoms with Gasteiger partial charge in [-0.25, -0.2) is 0 Å². The zero-order chi connectivity index (χ0) is 12.1. The minimum atomic E-state index is 0.323. The molecule has 0 heterocycles. The van der Waals surface area contributed by atoms with Crippen molar-refractivity contribution in [3.05, 3.63) is 12.2 Å². The van der Waals surface area contributed by atoms with Crippen LogP contribution in [0.1, 0.15) is 52.4 Å². The van der Waals surface area contributed by atoms with Gasteiger partial charge >= 0.3 is 0 Å². The SMILES string of the molecule is CC=CC#CC#CCCC(=O)CCCCC. The molecule has 0 aromatic carbocycles. The first-order valence-corrected chi connectivity index (χ1v) is 5.92. The zero-order valence-electron chi connectivity index (χ0n) is 10.3. The number of carbonyl (C=O) groups is 1. The highest BCUT2D eigenvalue weighted by molar-refractivity contribution is 5.78. The normalized spacial score (nSPS) is 9.12. The molecule has 16 heavy (non-hydrogen) atoms. The van der Waals surface area contributed by atoms with Crippen LogP contribution in [0.25, 0.3) is 0 Å². The summed E-state index contributed by atoms with van der Waals surface area (Å²) < 4.78 is 0. The summed E-state index contributed by atoms with van der Waals surface area (Å²) in [6.45, 7) is 4.05. The summed E-state index contributed by atoms with van der Waals surface area (Å²) in [5.41, 5.74) is 0. The molecule has 0 rings (SSSR count). The second kappa shape index (κ2) is 11.6. The van der Waals surface area contributed by atoms with Crippen LogP contribution in [0.4, 0.5) is 0 Å². The maximum Gasteiger partial charge on any atom is 0.133 e. The monoisotopic (exact) mass is 216 g/mol. The molecule has 0 fully saturated rings. The van der Waals surface area contributed by atoms with Crippen LogP contribution < -0.4 is 0 Å². The molecular formula is C15H20O. The Hall–Kier alpha value is -1.47. The second-order valence-corrected chi connectivity index (χ2v) is 3.57. The van der Waals surface area contributed by atoms with Gasteiger partial charge in [0.25, 0.3) is 0 Å². The van der Waals surface area contributed by atoms with E-state index in [2.05, 4.69) is 30.6 Å². The van der Waals surface area contributed by atoms with E-state index in [1.54, 1.807) is 6.08 Å². The van der Waals surface area contributed by atoms with Crippen molar-refractivity contribution in [2.75, 3.05) is 0 Å². The van der Waals surface area contributed by atoms with Crippen molar-refractivity contribution in [1.82, 2.24) is 0 Å². The minimum absolute atomic E-state index is 0.323. The molecule has 1 heteroatoms. The number of carbonyl (C=O) groups excluding carboxylic acids is 1. The van der Waals surface area contributed by atoms with Crippen molar-refractivity contribution >= 4 is 5.78 Å². The van der Waals surface area contributed by atoms with E-state index in [4.69, 9.17) is 0 Å². The Morgan fingerprint density at radius 1 is 1.19 bits per heavy atom. The molecule has 0 aromatic heterocycles. The molecule has 0 radical (unpaired) electrons. The molecule has 0 N–H and O–H groups in total. The lowest BCUT2D eigenvalue weighted by Crippen LogP contribution is -1.96. The lowest BCUT2D eigenvalue weighted by molar-refractivity contribution is -0.119. The third-order valence-corrected chi connectivity index (χ3v) is 2.06. The summed E-state index contributed by atoms with van der Waals surface area (Å²) in [5, 5.41) is 0. The van der Waals surface area contributed by atoms with Gasteiger partial charge in [0.1, 0.15) is 5.78 Å². The molecule has 0 unspecified atom stereocenters. The molecule has 0 aliphatic rings. The number of rotatable bonds is 6. The highest BCUT2D eigenvalue weighted by Gasteiger charge is 1.98. The molecule has 0 saturated heterocycles. The fourth-order valence-electron chi connectivity index (χ4n) is 1.17. The first-order valence-electron chi connectivity index (χ1n) is 5.92. The van der Waals surface area contributed by atoms with Crippen molar-refractivity contribution in [3.63, 3.8) is 0 Å². The predicted molar refractivity (Wildman–Crippen MR) is 68.7 cm³/mol. The van der Waals surface area contributed by atoms with Crippen molar-refractivity contribution in [3.8, 4) is 23.7 Å². The third kappa shape index (κ3) is 10.6. The molecule has 0 aromatic rings. The number of Topliss-reactive ketones (excluding diaryl/α,β-unsaturated/α-hetero) is 1. The van der Waals surface area contributed by atoms with Crippen LogP contribution in [0.3, 0.4) is 0 Å². The lowest BCUT2D eigenvalue weighted by Gasteiger charge is -1.96. The lowest BCUT2D eigenvalue weighted by atomic mass is 10.1. The maximum atomic E-state index is 11.3. The van der Waals surface area contributed by atoms with Gasteiger partial charge in [-0.15, -0.1) is 0 Å². The Bertz CT molecular complexity index is 328. The summed E-state index contributed by atoms with van der Waals surface area (Å²) in [6.07, 6.45) is 8.86. The quantitative estimate of drug-likeness (QED) is 0.490. The molecule has 86 valence electrons. The topological polar surface area (TPSA) is 17.1 Å². The van der Waals surface area contributed by atoms with Gasteiger partial charge in [-0.05, 0) is 31.3 Å². The van der Waals surface area contributed by atoms with Crippen LogP contribution in [0.2, 0.25) is 0 Å². The summed E-state index contributed by atoms with van der Waals surface area (Å²) in [7, 11) is 0. The minimum Gasteiger partial charge on any atom is -0.300 e. The van der Waals surface area contributed by atoms with Crippen LogP contribution in [-0.4, -0.2) is 5.78 Å². The van der Waals surface area contributed by atoms with Gasteiger partial charge < -0.3 is 0 Å². The molecule has 0 amide bonds. The highest BCUT2D eigenvalue weighted by atomic mass is 16.1. The summed E-state index contributed by atoms with van der Waals surface area (Å²) in [6, 6.07) is 0. The fraction of sp³-hybridized carbons (Fsp3) is 0.533. The van der Waals surface area contributed by atoms with Gasteiger partial charge in [0.15, 0.2) is 0 Å². The van der Waals surface area contributed by atoms with E-state index in [9.17, 15) is 4.79 Å². The molecular weight excluding hydrogens is 196 g/mol. The number of ketones is 1. The van der Waals surface area contributed by atoms with Gasteiger partial charge in [-0.2, -0.15) is 0 Å². The second-order valence-electron chi connectivity index (χ2n) is 3.57. The number of unbranched alkanes of at least 4 members (excludes halogenated alkanes) is 2. The van der Waals surface area contributed by atoms with Gasteiger partial charge in [-0.1, -0.05) is 37.7 Å². The Morgan fingerprint density at radius 2 is 2.00 bits per heavy atom. The van der Waals surface area contributed by atoms with E-state index in [0.717, 1.165) is 19.3 Å². The predicted octanol–water partition coefficient (Wildman–Crippen LogP) is 3.50. The molecule has 0 atom stereocenters. The van der Waals surface area contributed by atoms with Crippen LogP contribution in [0.5, 0.6) is 0 Å². The van der Waals surface area contributed by atoms with Crippen LogP contribution >= 0.6 is 0 Å². The van der Waals surface area contributed by atoms with Crippen molar-refractivity contribution < 1.29 is 4.79 Å². The van der Waals surface area contributed by atoms with Gasteiger partial charge in [0.2, 0.25) is 0 Å². The van der Waals surface area contributed by atoms with Crippen LogP contribution in [0, 0.1) is 23.7 Å². The maximum absolute atomic E-state index is 11.3. The molecule has 0 bridgehead atoms. The van der Waals surface area contributed by atoms with E-state index >= 15 is 0 Å². The fourth-order valence-corrected chi connectivity index (χ4v) is 1.17. The van der Waals surface area contributed by atoms with Crippen molar-refractivity contribution in [2.45, 2.75) is 52.4 Å². The number of allylic oxidation sites excluding steroid dienone is 2. The molecule has 0 spiro atoms. The number of hydrogen-bond donors (Lipinski definition) is 0.